The summed E-state index contributed by atoms with van der Waals surface area (Å²) >= 11 is 0. The number of amides is 1. The maximum absolute atomic E-state index is 13.1. The second-order valence-corrected chi connectivity index (χ2v) is 8.97. The van der Waals surface area contributed by atoms with Crippen molar-refractivity contribution in [3.8, 4) is 5.75 Å². The Labute approximate surface area is 189 Å². The van der Waals surface area contributed by atoms with Crippen LogP contribution in [0.5, 0.6) is 5.75 Å². The van der Waals surface area contributed by atoms with Crippen molar-refractivity contribution in [1.29, 1.82) is 0 Å². The van der Waals surface area contributed by atoms with Crippen molar-refractivity contribution in [2.24, 2.45) is 4.99 Å². The van der Waals surface area contributed by atoms with Crippen LogP contribution in [-0.4, -0.2) is 72.4 Å². The lowest BCUT2D eigenvalue weighted by Gasteiger charge is -2.29. The largest absolute Gasteiger partial charge is 0.494 e. The molecule has 0 bridgehead atoms. The summed E-state index contributed by atoms with van der Waals surface area (Å²) in [6, 6.07) is 7.16. The van der Waals surface area contributed by atoms with E-state index in [1.54, 1.807) is 66.1 Å². The molecular formula is C23H35N3O6. The fraction of sp³-hybridized carbons (Fsp3) is 0.609. The number of aliphatic hydroxyl groups is 1. The Morgan fingerprint density at radius 2 is 1.91 bits per heavy atom. The molecule has 0 spiro atoms. The average Bonchev–Trinajstić information content (AvgIpc) is 3.03. The molecule has 9 nitrogen and oxygen atoms in total. The van der Waals surface area contributed by atoms with Gasteiger partial charge in [-0.05, 0) is 58.4 Å². The van der Waals surface area contributed by atoms with E-state index in [2.05, 4.69) is 10.4 Å². The van der Waals surface area contributed by atoms with Gasteiger partial charge in [0.1, 0.15) is 17.5 Å². The zero-order valence-electron chi connectivity index (χ0n) is 19.8. The van der Waals surface area contributed by atoms with Crippen molar-refractivity contribution in [1.82, 2.24) is 10.4 Å². The van der Waals surface area contributed by atoms with E-state index in [1.807, 2.05) is 0 Å². The van der Waals surface area contributed by atoms with Crippen LogP contribution in [0.25, 0.3) is 0 Å². The molecular weight excluding hydrogens is 414 g/mol. The second-order valence-electron chi connectivity index (χ2n) is 8.97. The molecule has 0 aromatic heterocycles. The van der Waals surface area contributed by atoms with E-state index >= 15 is 0 Å². The van der Waals surface area contributed by atoms with Crippen LogP contribution in [0.2, 0.25) is 0 Å². The Bertz CT molecular complexity index is 816. The molecule has 0 saturated carbocycles. The van der Waals surface area contributed by atoms with E-state index in [9.17, 15) is 9.59 Å². The van der Waals surface area contributed by atoms with Crippen molar-refractivity contribution in [3.63, 3.8) is 0 Å². The summed E-state index contributed by atoms with van der Waals surface area (Å²) in [5, 5.41) is 10.4. The van der Waals surface area contributed by atoms with Crippen LogP contribution < -0.4 is 10.2 Å². The second kappa shape index (κ2) is 10.8. The van der Waals surface area contributed by atoms with Gasteiger partial charge in [-0.1, -0.05) is 0 Å². The standard InChI is InChI=1S/C23H35N3O6/c1-16-23(21(29)25-26(5)6,13-12-19(28)32-22(2,3)4)24-20(31-16)17-8-10-18(11-9-17)30-15-7-14-27/h8-11,16,27H,7,12-15H2,1-6H3,(H,25,29)/t16-,23-/m0/s1. The van der Waals surface area contributed by atoms with Gasteiger partial charge >= 0.3 is 5.97 Å². The maximum atomic E-state index is 13.1. The number of ether oxygens (including phenoxy) is 3. The van der Waals surface area contributed by atoms with Gasteiger partial charge in [0.15, 0.2) is 5.54 Å². The quantitative estimate of drug-likeness (QED) is 0.320. The van der Waals surface area contributed by atoms with Gasteiger partial charge in [0.2, 0.25) is 5.90 Å². The summed E-state index contributed by atoms with van der Waals surface area (Å²) in [6.07, 6.45) is 0.144. The zero-order valence-corrected chi connectivity index (χ0v) is 19.8. The van der Waals surface area contributed by atoms with Gasteiger partial charge in [-0.15, -0.1) is 0 Å². The molecule has 2 atom stereocenters. The molecule has 0 fully saturated rings. The molecule has 2 N–H and O–H groups in total. The van der Waals surface area contributed by atoms with Gasteiger partial charge in [-0.25, -0.2) is 10.0 Å². The first kappa shape index (κ1) is 25.6. The summed E-state index contributed by atoms with van der Waals surface area (Å²) in [5.74, 6) is 0.250. The number of aliphatic hydroxyl groups excluding tert-OH is 1. The number of nitrogens with zero attached hydrogens (tertiary/aromatic N) is 2. The fourth-order valence-electron chi connectivity index (χ4n) is 3.24. The highest BCUT2D eigenvalue weighted by Crippen LogP contribution is 2.34. The van der Waals surface area contributed by atoms with Gasteiger partial charge in [-0.3, -0.25) is 15.0 Å². The third-order valence-electron chi connectivity index (χ3n) is 4.78. The zero-order chi connectivity index (χ0) is 23.9. The number of esters is 1. The molecule has 0 saturated heterocycles. The summed E-state index contributed by atoms with van der Waals surface area (Å²) in [7, 11) is 3.42. The Morgan fingerprint density at radius 3 is 2.47 bits per heavy atom. The SMILES string of the molecule is C[C@@H]1OC(c2ccc(OCCCO)cc2)=N[C@]1(CCC(=O)OC(C)(C)C)C(=O)NN(C)C. The number of benzene rings is 1. The molecule has 0 aliphatic carbocycles. The summed E-state index contributed by atoms with van der Waals surface area (Å²) in [6.45, 7) is 7.66. The van der Waals surface area contributed by atoms with Crippen molar-refractivity contribution in [2.45, 2.75) is 64.2 Å². The van der Waals surface area contributed by atoms with E-state index in [1.165, 1.54) is 5.01 Å². The third-order valence-corrected chi connectivity index (χ3v) is 4.78. The molecule has 0 radical (unpaired) electrons. The van der Waals surface area contributed by atoms with E-state index in [4.69, 9.17) is 19.3 Å². The Kier molecular flexibility index (Phi) is 8.63. The Hall–Kier alpha value is -2.65. The topological polar surface area (TPSA) is 110 Å². The Morgan fingerprint density at radius 1 is 1.25 bits per heavy atom. The molecule has 1 amide bonds. The highest BCUT2D eigenvalue weighted by Gasteiger charge is 2.50. The van der Waals surface area contributed by atoms with Crippen LogP contribution in [0, 0.1) is 0 Å². The molecule has 0 unspecified atom stereocenters. The normalized spacial score (nSPS) is 20.5. The molecule has 9 heteroatoms. The minimum Gasteiger partial charge on any atom is -0.494 e. The fourth-order valence-corrected chi connectivity index (χ4v) is 3.24. The predicted molar refractivity (Wildman–Crippen MR) is 120 cm³/mol. The van der Waals surface area contributed by atoms with Crippen LogP contribution in [0.15, 0.2) is 29.3 Å². The minimum absolute atomic E-state index is 0.0280. The van der Waals surface area contributed by atoms with Gasteiger partial charge < -0.3 is 19.3 Å². The summed E-state index contributed by atoms with van der Waals surface area (Å²) in [5.41, 5.74) is 1.57. The van der Waals surface area contributed by atoms with Gasteiger partial charge in [0.25, 0.3) is 5.91 Å². The first-order valence-corrected chi connectivity index (χ1v) is 10.8. The highest BCUT2D eigenvalue weighted by atomic mass is 16.6. The molecule has 1 heterocycles. The predicted octanol–water partition coefficient (Wildman–Crippen LogP) is 2.07. The van der Waals surface area contributed by atoms with Crippen LogP contribution in [0.4, 0.5) is 0 Å². The third kappa shape index (κ3) is 6.93. The molecule has 1 aliphatic heterocycles. The van der Waals surface area contributed by atoms with Gasteiger partial charge in [0.05, 0.1) is 6.61 Å². The van der Waals surface area contributed by atoms with Crippen LogP contribution in [0.3, 0.4) is 0 Å². The van der Waals surface area contributed by atoms with E-state index in [0.717, 1.165) is 0 Å². The number of rotatable bonds is 10. The number of nitrogens with one attached hydrogen (secondary N) is 1. The van der Waals surface area contributed by atoms with Gasteiger partial charge in [-0.2, -0.15) is 0 Å². The summed E-state index contributed by atoms with van der Waals surface area (Å²) in [4.78, 5) is 30.1. The number of hydrogen-bond acceptors (Lipinski definition) is 8. The van der Waals surface area contributed by atoms with E-state index in [-0.39, 0.29) is 25.4 Å². The van der Waals surface area contributed by atoms with Crippen molar-refractivity contribution >= 4 is 17.8 Å². The molecule has 178 valence electrons. The van der Waals surface area contributed by atoms with E-state index in [0.29, 0.717) is 30.2 Å². The van der Waals surface area contributed by atoms with Crippen LogP contribution in [-0.2, 0) is 19.1 Å². The Balaban J connectivity index is 2.24. The van der Waals surface area contributed by atoms with Crippen LogP contribution in [0.1, 0.15) is 52.5 Å². The molecule has 1 aliphatic rings. The van der Waals surface area contributed by atoms with E-state index < -0.39 is 23.2 Å². The molecule has 2 rings (SSSR count). The number of carbonyl (C=O) groups is 2. The van der Waals surface area contributed by atoms with Crippen molar-refractivity contribution < 1.29 is 28.9 Å². The highest BCUT2D eigenvalue weighted by molar-refractivity contribution is 6.00. The molecule has 1 aromatic carbocycles. The monoisotopic (exact) mass is 449 g/mol. The number of hydrogen-bond donors (Lipinski definition) is 2. The van der Waals surface area contributed by atoms with Crippen LogP contribution >= 0.6 is 0 Å². The lowest BCUT2D eigenvalue weighted by atomic mass is 9.88. The first-order chi connectivity index (χ1) is 15.0. The molecule has 1 aromatic rings. The van der Waals surface area contributed by atoms with Crippen molar-refractivity contribution in [3.05, 3.63) is 29.8 Å². The average molecular weight is 450 g/mol. The minimum atomic E-state index is -1.27. The lowest BCUT2D eigenvalue weighted by Crippen LogP contribution is -2.54. The number of carbonyl (C=O) groups excluding carboxylic acids is 2. The lowest BCUT2D eigenvalue weighted by molar-refractivity contribution is -0.155. The maximum Gasteiger partial charge on any atom is 0.306 e. The number of aliphatic imine (C=N–C) groups is 1. The number of hydrazine groups is 1. The summed E-state index contributed by atoms with van der Waals surface area (Å²) < 4.78 is 16.9. The smallest absolute Gasteiger partial charge is 0.306 e. The van der Waals surface area contributed by atoms with Crippen molar-refractivity contribution in [2.75, 3.05) is 27.3 Å². The first-order valence-electron chi connectivity index (χ1n) is 10.8. The van der Waals surface area contributed by atoms with Gasteiger partial charge in [0, 0.05) is 39.1 Å². The molecule has 32 heavy (non-hydrogen) atoms.